The predicted octanol–water partition coefficient (Wildman–Crippen LogP) is 2.17. The van der Waals surface area contributed by atoms with Gasteiger partial charge in [-0.25, -0.2) is 0 Å². The first kappa shape index (κ1) is 11.4. The molecule has 2 heteroatoms. The Kier molecular flexibility index (Phi) is 2.63. The molecule has 2 saturated carbocycles. The van der Waals surface area contributed by atoms with Gasteiger partial charge in [0.25, 0.3) is 0 Å². The van der Waals surface area contributed by atoms with Gasteiger partial charge in [-0.15, -0.1) is 0 Å². The molecular weight excluding hydrogens is 186 g/mol. The summed E-state index contributed by atoms with van der Waals surface area (Å²) in [6.45, 7) is 9.60. The SMILES string of the molecule is CC(CO)NC1CC2CC[C@]1(C)C2(C)C. The maximum Gasteiger partial charge on any atom is 0.0582 e. The monoisotopic (exact) mass is 211 g/mol. The second kappa shape index (κ2) is 3.46. The van der Waals surface area contributed by atoms with Crippen molar-refractivity contribution in [3.63, 3.8) is 0 Å². The third kappa shape index (κ3) is 1.45. The van der Waals surface area contributed by atoms with Crippen LogP contribution in [-0.4, -0.2) is 23.8 Å². The molecule has 0 aromatic rings. The average Bonchev–Trinajstić information content (AvgIpc) is 2.50. The Morgan fingerprint density at radius 3 is 2.47 bits per heavy atom. The molecule has 2 aliphatic carbocycles. The molecule has 3 unspecified atom stereocenters. The van der Waals surface area contributed by atoms with Crippen molar-refractivity contribution in [2.45, 2.75) is 59.0 Å². The van der Waals surface area contributed by atoms with E-state index in [-0.39, 0.29) is 12.6 Å². The highest BCUT2D eigenvalue weighted by Crippen LogP contribution is 2.65. The van der Waals surface area contributed by atoms with Crippen LogP contribution in [0.4, 0.5) is 0 Å². The lowest BCUT2D eigenvalue weighted by Gasteiger charge is -2.40. The van der Waals surface area contributed by atoms with Gasteiger partial charge >= 0.3 is 0 Å². The number of rotatable bonds is 3. The summed E-state index contributed by atoms with van der Waals surface area (Å²) in [5.41, 5.74) is 0.904. The Morgan fingerprint density at radius 1 is 1.40 bits per heavy atom. The quantitative estimate of drug-likeness (QED) is 0.750. The van der Waals surface area contributed by atoms with Crippen molar-refractivity contribution >= 4 is 0 Å². The number of fused-ring (bicyclic) bond motifs is 2. The van der Waals surface area contributed by atoms with Crippen LogP contribution in [0, 0.1) is 16.7 Å². The molecule has 2 N–H and O–H groups in total. The molecule has 2 bridgehead atoms. The van der Waals surface area contributed by atoms with Crippen LogP contribution < -0.4 is 5.32 Å². The van der Waals surface area contributed by atoms with E-state index < -0.39 is 0 Å². The molecule has 0 aromatic carbocycles. The zero-order chi connectivity index (χ0) is 11.3. The zero-order valence-electron chi connectivity index (χ0n) is 10.5. The van der Waals surface area contributed by atoms with Crippen molar-refractivity contribution in [2.24, 2.45) is 16.7 Å². The topological polar surface area (TPSA) is 32.3 Å². The molecule has 0 aliphatic heterocycles. The molecule has 2 aliphatic rings. The largest absolute Gasteiger partial charge is 0.395 e. The fourth-order valence-electron chi connectivity index (χ4n) is 3.85. The van der Waals surface area contributed by atoms with E-state index in [0.29, 0.717) is 16.9 Å². The Morgan fingerprint density at radius 2 is 2.07 bits per heavy atom. The highest BCUT2D eigenvalue weighted by atomic mass is 16.3. The van der Waals surface area contributed by atoms with Gasteiger partial charge in [-0.05, 0) is 42.9 Å². The molecule has 0 spiro atoms. The molecule has 0 heterocycles. The molecule has 0 aromatic heterocycles. The van der Waals surface area contributed by atoms with Crippen molar-refractivity contribution in [1.29, 1.82) is 0 Å². The van der Waals surface area contributed by atoms with Crippen molar-refractivity contribution in [1.82, 2.24) is 5.32 Å². The van der Waals surface area contributed by atoms with Crippen LogP contribution in [0.1, 0.15) is 47.0 Å². The van der Waals surface area contributed by atoms with E-state index in [1.165, 1.54) is 19.3 Å². The van der Waals surface area contributed by atoms with Gasteiger partial charge in [0.05, 0.1) is 6.61 Å². The molecule has 0 amide bonds. The Bertz CT molecular complexity index is 251. The molecular formula is C13H25NO. The minimum Gasteiger partial charge on any atom is -0.395 e. The maximum absolute atomic E-state index is 9.12. The smallest absolute Gasteiger partial charge is 0.0582 e. The third-order valence-corrected chi connectivity index (χ3v) is 5.55. The van der Waals surface area contributed by atoms with Gasteiger partial charge in [-0.3, -0.25) is 0 Å². The van der Waals surface area contributed by atoms with Gasteiger partial charge in [0.15, 0.2) is 0 Å². The standard InChI is InChI=1S/C13H25NO/c1-9(8-15)14-11-7-10-5-6-13(11,4)12(10,2)3/h9-11,14-15H,5-8H2,1-4H3/t9?,10?,11?,13-/m0/s1. The van der Waals surface area contributed by atoms with Crippen LogP contribution in [0.15, 0.2) is 0 Å². The summed E-state index contributed by atoms with van der Waals surface area (Å²) in [4.78, 5) is 0. The van der Waals surface area contributed by atoms with E-state index in [4.69, 9.17) is 5.11 Å². The molecule has 0 saturated heterocycles. The van der Waals surface area contributed by atoms with Gasteiger partial charge in [0.2, 0.25) is 0 Å². The fraction of sp³-hybridized carbons (Fsp3) is 1.00. The molecule has 88 valence electrons. The first-order valence-electron chi connectivity index (χ1n) is 6.28. The van der Waals surface area contributed by atoms with Crippen LogP contribution in [0.3, 0.4) is 0 Å². The Hall–Kier alpha value is -0.0800. The van der Waals surface area contributed by atoms with E-state index in [2.05, 4.69) is 33.0 Å². The minimum atomic E-state index is 0.238. The van der Waals surface area contributed by atoms with Crippen LogP contribution in [-0.2, 0) is 0 Å². The second-order valence-corrected chi connectivity index (χ2v) is 6.41. The first-order chi connectivity index (χ1) is 6.91. The highest BCUT2D eigenvalue weighted by Gasteiger charge is 2.61. The highest BCUT2D eigenvalue weighted by molar-refractivity contribution is 5.13. The van der Waals surface area contributed by atoms with Gasteiger partial charge in [0, 0.05) is 12.1 Å². The van der Waals surface area contributed by atoms with Gasteiger partial charge in [-0.1, -0.05) is 20.8 Å². The number of aliphatic hydroxyl groups excluding tert-OH is 1. The van der Waals surface area contributed by atoms with Crippen molar-refractivity contribution in [3.05, 3.63) is 0 Å². The summed E-state index contributed by atoms with van der Waals surface area (Å²) in [6.07, 6.45) is 4.05. The lowest BCUT2D eigenvalue weighted by Crippen LogP contribution is -2.48. The van der Waals surface area contributed by atoms with Gasteiger partial charge in [0.1, 0.15) is 0 Å². The third-order valence-electron chi connectivity index (χ3n) is 5.55. The van der Waals surface area contributed by atoms with Crippen LogP contribution in [0.25, 0.3) is 0 Å². The van der Waals surface area contributed by atoms with Crippen LogP contribution in [0.2, 0.25) is 0 Å². The van der Waals surface area contributed by atoms with E-state index in [9.17, 15) is 0 Å². The summed E-state index contributed by atoms with van der Waals surface area (Å²) in [5.74, 6) is 0.880. The number of hydrogen-bond donors (Lipinski definition) is 2. The lowest BCUT2D eigenvalue weighted by atomic mass is 9.69. The normalized spacial score (nSPS) is 44.6. The Balaban J connectivity index is 2.12. The first-order valence-corrected chi connectivity index (χ1v) is 6.28. The van der Waals surface area contributed by atoms with E-state index in [1.807, 2.05) is 0 Å². The molecule has 4 atom stereocenters. The summed E-state index contributed by atoms with van der Waals surface area (Å²) in [7, 11) is 0. The maximum atomic E-state index is 9.12. The van der Waals surface area contributed by atoms with Crippen LogP contribution >= 0.6 is 0 Å². The fourth-order valence-corrected chi connectivity index (χ4v) is 3.85. The van der Waals surface area contributed by atoms with Crippen LogP contribution in [0.5, 0.6) is 0 Å². The molecule has 2 fully saturated rings. The molecule has 2 rings (SSSR count). The lowest BCUT2D eigenvalue weighted by molar-refractivity contribution is 0.109. The zero-order valence-corrected chi connectivity index (χ0v) is 10.5. The number of nitrogens with one attached hydrogen (secondary N) is 1. The minimum absolute atomic E-state index is 0.238. The molecule has 15 heavy (non-hydrogen) atoms. The predicted molar refractivity (Wildman–Crippen MR) is 62.7 cm³/mol. The summed E-state index contributed by atoms with van der Waals surface area (Å²) >= 11 is 0. The van der Waals surface area contributed by atoms with E-state index >= 15 is 0 Å². The van der Waals surface area contributed by atoms with E-state index in [1.54, 1.807) is 0 Å². The summed E-state index contributed by atoms with van der Waals surface area (Å²) in [6, 6.07) is 0.843. The van der Waals surface area contributed by atoms with Crippen molar-refractivity contribution in [3.8, 4) is 0 Å². The summed E-state index contributed by atoms with van der Waals surface area (Å²) in [5, 5.41) is 12.7. The molecule has 2 nitrogen and oxygen atoms in total. The molecule has 0 radical (unpaired) electrons. The Labute approximate surface area is 93.5 Å². The second-order valence-electron chi connectivity index (χ2n) is 6.41. The number of hydrogen-bond acceptors (Lipinski definition) is 2. The van der Waals surface area contributed by atoms with E-state index in [0.717, 1.165) is 5.92 Å². The van der Waals surface area contributed by atoms with Crippen molar-refractivity contribution in [2.75, 3.05) is 6.61 Å². The van der Waals surface area contributed by atoms with Crippen molar-refractivity contribution < 1.29 is 5.11 Å². The number of aliphatic hydroxyl groups is 1. The van der Waals surface area contributed by atoms with Gasteiger partial charge in [-0.2, -0.15) is 0 Å². The average molecular weight is 211 g/mol. The van der Waals surface area contributed by atoms with Gasteiger partial charge < -0.3 is 10.4 Å². The summed E-state index contributed by atoms with van der Waals surface area (Å²) < 4.78 is 0.